The van der Waals surface area contributed by atoms with Gasteiger partial charge in [-0.05, 0) is 57.4 Å². The van der Waals surface area contributed by atoms with Crippen LogP contribution in [0.5, 0.6) is 0 Å². The minimum Gasteiger partial charge on any atom is -0.465 e. The fourth-order valence-electron chi connectivity index (χ4n) is 4.21. The fraction of sp³-hybridized carbons (Fsp3) is 0.400. The monoisotopic (exact) mass is 559 g/mol. The average Bonchev–Trinajstić information content (AvgIpc) is 3.23. The van der Waals surface area contributed by atoms with Crippen molar-refractivity contribution in [1.82, 2.24) is 19.5 Å². The van der Waals surface area contributed by atoms with Crippen LogP contribution in [0.1, 0.15) is 44.7 Å². The predicted molar refractivity (Wildman–Crippen MR) is 143 cm³/mol. The third kappa shape index (κ3) is 6.38. The number of halogens is 2. The maximum atomic E-state index is 13.5. The van der Waals surface area contributed by atoms with E-state index in [1.54, 1.807) is 45.0 Å². The third-order valence-electron chi connectivity index (χ3n) is 5.77. The lowest BCUT2D eigenvalue weighted by atomic mass is 10.1. The van der Waals surface area contributed by atoms with Crippen molar-refractivity contribution < 1.29 is 19.4 Å². The molecule has 0 saturated carbocycles. The number of hydrogen-bond donors (Lipinski definition) is 2. The summed E-state index contributed by atoms with van der Waals surface area (Å²) in [5, 5.41) is 27.5. The van der Waals surface area contributed by atoms with Crippen LogP contribution in [0.3, 0.4) is 0 Å². The van der Waals surface area contributed by atoms with E-state index in [9.17, 15) is 20.0 Å². The number of carbonyl (C=O) groups is 2. The molecule has 11 nitrogen and oxygen atoms in total. The van der Waals surface area contributed by atoms with Crippen LogP contribution in [0.2, 0.25) is 10.0 Å². The van der Waals surface area contributed by atoms with Crippen molar-refractivity contribution >= 4 is 52.7 Å². The first-order valence-electron chi connectivity index (χ1n) is 11.9. The van der Waals surface area contributed by atoms with Crippen molar-refractivity contribution in [3.05, 3.63) is 51.6 Å². The van der Waals surface area contributed by atoms with Gasteiger partial charge in [0.05, 0.1) is 12.7 Å². The highest BCUT2D eigenvalue weighted by Gasteiger charge is 2.29. The Balaban J connectivity index is 1.79. The summed E-state index contributed by atoms with van der Waals surface area (Å²) in [6.07, 6.45) is 1.14. The number of nitrogens with one attached hydrogen (secondary N) is 1. The van der Waals surface area contributed by atoms with Gasteiger partial charge in [-0.25, -0.2) is 14.6 Å². The first-order chi connectivity index (χ1) is 17.9. The van der Waals surface area contributed by atoms with Crippen LogP contribution in [0.25, 0.3) is 5.65 Å². The molecule has 1 atom stereocenters. The summed E-state index contributed by atoms with van der Waals surface area (Å²) in [5.41, 5.74) is 0.292. The summed E-state index contributed by atoms with van der Waals surface area (Å²) in [4.78, 5) is 32.3. The molecule has 2 N–H and O–H groups in total. The number of ether oxygens (including phenoxy) is 1. The average molecular weight is 560 g/mol. The van der Waals surface area contributed by atoms with Crippen LogP contribution in [-0.4, -0.2) is 61.5 Å². The zero-order chi connectivity index (χ0) is 27.6. The number of fused-ring (bicyclic) bond motifs is 1. The molecule has 13 heteroatoms. The summed E-state index contributed by atoms with van der Waals surface area (Å²) < 4.78 is 7.09. The van der Waals surface area contributed by atoms with Gasteiger partial charge in [0.2, 0.25) is 0 Å². The van der Waals surface area contributed by atoms with Crippen molar-refractivity contribution in [2.45, 2.75) is 51.8 Å². The lowest BCUT2D eigenvalue weighted by molar-refractivity contribution is 0.0575. The summed E-state index contributed by atoms with van der Waals surface area (Å²) >= 11 is 12.4. The SMILES string of the molecule is CC(C)(C)OC(=O)N(Cc1cc(Cl)cc(Cl)c1)c1cc(N[C@H]2CCCN(C(=O)O)C2)nc2c(C#N)cnn12. The highest BCUT2D eigenvalue weighted by molar-refractivity contribution is 6.34. The molecule has 0 unspecified atom stereocenters. The molecule has 38 heavy (non-hydrogen) atoms. The van der Waals surface area contributed by atoms with Crippen LogP contribution in [0.15, 0.2) is 30.5 Å². The van der Waals surface area contributed by atoms with E-state index in [1.807, 2.05) is 0 Å². The Bertz CT molecular complexity index is 1390. The number of benzene rings is 1. The van der Waals surface area contributed by atoms with Crippen molar-refractivity contribution in [3.8, 4) is 6.07 Å². The Morgan fingerprint density at radius 2 is 1.97 bits per heavy atom. The van der Waals surface area contributed by atoms with E-state index in [4.69, 9.17) is 27.9 Å². The van der Waals surface area contributed by atoms with Gasteiger partial charge < -0.3 is 20.1 Å². The van der Waals surface area contributed by atoms with E-state index in [0.717, 1.165) is 6.42 Å². The molecule has 1 aromatic carbocycles. The van der Waals surface area contributed by atoms with Crippen LogP contribution in [-0.2, 0) is 11.3 Å². The standard InChI is InChI=1S/C25H27Cl2N7O4/c1-25(2,3)38-24(37)33(13-15-7-17(26)9-18(27)8-15)21-10-20(31-22-16(11-28)12-29-34(21)22)30-19-5-4-6-32(14-19)23(35)36/h7-10,12,19H,4-6,13-14H2,1-3H3,(H,30,31)(H,35,36)/t19-/m0/s1. The van der Waals surface area contributed by atoms with E-state index in [0.29, 0.717) is 34.4 Å². The van der Waals surface area contributed by atoms with E-state index in [2.05, 4.69) is 21.5 Å². The number of likely N-dealkylation sites (tertiary alicyclic amines) is 1. The van der Waals surface area contributed by atoms with Crippen LogP contribution < -0.4 is 10.2 Å². The zero-order valence-corrected chi connectivity index (χ0v) is 22.6. The fourth-order valence-corrected chi connectivity index (χ4v) is 4.78. The number of carboxylic acid groups (broad SMARTS) is 1. The highest BCUT2D eigenvalue weighted by Crippen LogP contribution is 2.28. The number of piperidine rings is 1. The van der Waals surface area contributed by atoms with Crippen LogP contribution >= 0.6 is 23.2 Å². The number of aromatic nitrogens is 3. The van der Waals surface area contributed by atoms with Gasteiger partial charge in [0.1, 0.15) is 28.9 Å². The lowest BCUT2D eigenvalue weighted by Crippen LogP contribution is -2.44. The molecular formula is C25H27Cl2N7O4. The largest absolute Gasteiger partial charge is 0.465 e. The Hall–Kier alpha value is -3.75. The van der Waals surface area contributed by atoms with E-state index in [1.165, 1.54) is 20.5 Å². The Morgan fingerprint density at radius 1 is 1.26 bits per heavy atom. The molecule has 200 valence electrons. The molecule has 1 saturated heterocycles. The Labute approximate surface area is 229 Å². The molecule has 0 spiro atoms. The summed E-state index contributed by atoms with van der Waals surface area (Å²) in [5.74, 6) is 0.648. The number of nitriles is 1. The van der Waals surface area contributed by atoms with E-state index >= 15 is 0 Å². The second-order valence-electron chi connectivity index (χ2n) is 9.96. The second-order valence-corrected chi connectivity index (χ2v) is 10.8. The second kappa shape index (κ2) is 10.9. The molecule has 3 heterocycles. The van der Waals surface area contributed by atoms with Crippen molar-refractivity contribution in [3.63, 3.8) is 0 Å². The van der Waals surface area contributed by atoms with Gasteiger partial charge in [0.25, 0.3) is 0 Å². The molecule has 0 bridgehead atoms. The van der Waals surface area contributed by atoms with Crippen LogP contribution in [0, 0.1) is 11.3 Å². The Morgan fingerprint density at radius 3 is 2.61 bits per heavy atom. The summed E-state index contributed by atoms with van der Waals surface area (Å²) in [6.45, 7) is 6.04. The topological polar surface area (TPSA) is 136 Å². The predicted octanol–water partition coefficient (Wildman–Crippen LogP) is 5.40. The number of anilines is 2. The molecule has 0 aliphatic carbocycles. The third-order valence-corrected chi connectivity index (χ3v) is 6.21. The molecule has 3 aromatic rings. The van der Waals surface area contributed by atoms with Gasteiger partial charge in [0, 0.05) is 35.2 Å². The van der Waals surface area contributed by atoms with Crippen molar-refractivity contribution in [2.24, 2.45) is 0 Å². The molecule has 2 aromatic heterocycles. The van der Waals surface area contributed by atoms with Crippen molar-refractivity contribution in [2.75, 3.05) is 23.3 Å². The number of rotatable bonds is 5. The zero-order valence-electron chi connectivity index (χ0n) is 21.1. The van der Waals surface area contributed by atoms with E-state index < -0.39 is 17.8 Å². The van der Waals surface area contributed by atoms with Crippen LogP contribution in [0.4, 0.5) is 21.2 Å². The molecule has 1 fully saturated rings. The molecular weight excluding hydrogens is 533 g/mol. The Kier molecular flexibility index (Phi) is 7.85. The van der Waals surface area contributed by atoms with Gasteiger partial charge in [0.15, 0.2) is 5.65 Å². The minimum atomic E-state index is -0.987. The molecule has 4 rings (SSSR count). The number of amides is 2. The number of hydrogen-bond acceptors (Lipinski definition) is 7. The summed E-state index contributed by atoms with van der Waals surface area (Å²) in [7, 11) is 0. The van der Waals surface area contributed by atoms with E-state index in [-0.39, 0.29) is 36.2 Å². The van der Waals surface area contributed by atoms with Crippen molar-refractivity contribution in [1.29, 1.82) is 5.26 Å². The smallest absolute Gasteiger partial charge is 0.416 e. The molecule has 2 amide bonds. The van der Waals surface area contributed by atoms with Gasteiger partial charge in [-0.15, -0.1) is 0 Å². The molecule has 1 aliphatic rings. The first-order valence-corrected chi connectivity index (χ1v) is 12.7. The normalized spacial score (nSPS) is 15.7. The quantitative estimate of drug-likeness (QED) is 0.423. The van der Waals surface area contributed by atoms with Gasteiger partial charge in [-0.3, -0.25) is 4.90 Å². The lowest BCUT2D eigenvalue weighted by Gasteiger charge is -2.32. The summed E-state index contributed by atoms with van der Waals surface area (Å²) in [6, 6.07) is 8.45. The number of carbonyl (C=O) groups excluding carboxylic acids is 1. The van der Waals surface area contributed by atoms with Gasteiger partial charge in [-0.2, -0.15) is 14.9 Å². The highest BCUT2D eigenvalue weighted by atomic mass is 35.5. The number of nitrogens with zero attached hydrogens (tertiary/aromatic N) is 6. The maximum Gasteiger partial charge on any atom is 0.416 e. The van der Waals surface area contributed by atoms with Gasteiger partial charge >= 0.3 is 12.2 Å². The molecule has 1 aliphatic heterocycles. The first kappa shape index (κ1) is 27.3. The van der Waals surface area contributed by atoms with Gasteiger partial charge in [-0.1, -0.05) is 23.2 Å². The minimum absolute atomic E-state index is 0.0334. The maximum absolute atomic E-state index is 13.5. The molecule has 0 radical (unpaired) electrons.